The molecule has 1 N–H and O–H groups in total. The molecule has 2 atom stereocenters. The fourth-order valence-corrected chi connectivity index (χ4v) is 2.17. The molecule has 2 heteroatoms. The maximum atomic E-state index is 3.50. The van der Waals surface area contributed by atoms with Gasteiger partial charge in [-0.3, -0.25) is 0 Å². The third-order valence-corrected chi connectivity index (χ3v) is 3.86. The zero-order valence-electron chi connectivity index (χ0n) is 11.2. The summed E-state index contributed by atoms with van der Waals surface area (Å²) in [5.41, 5.74) is 1.43. The number of rotatable bonds is 7. The quantitative estimate of drug-likeness (QED) is 0.742. The number of halogens is 1. The lowest BCUT2D eigenvalue weighted by molar-refractivity contribution is 0.365. The Bertz CT molecular complexity index is 307. The lowest BCUT2D eigenvalue weighted by Crippen LogP contribution is -2.26. The van der Waals surface area contributed by atoms with E-state index in [9.17, 15) is 0 Å². The van der Waals surface area contributed by atoms with Crippen LogP contribution in [0.25, 0.3) is 0 Å². The molecule has 0 bridgehead atoms. The summed E-state index contributed by atoms with van der Waals surface area (Å²) in [5, 5.41) is 3.50. The van der Waals surface area contributed by atoms with Crippen molar-refractivity contribution in [3.8, 4) is 0 Å². The van der Waals surface area contributed by atoms with Crippen molar-refractivity contribution >= 4 is 15.9 Å². The molecule has 1 aromatic carbocycles. The van der Waals surface area contributed by atoms with Gasteiger partial charge in [-0.25, -0.2) is 0 Å². The van der Waals surface area contributed by atoms with Crippen molar-refractivity contribution in [2.75, 3.05) is 13.1 Å². The number of hydrogen-bond donors (Lipinski definition) is 1. The molecule has 0 aromatic heterocycles. The Morgan fingerprint density at radius 1 is 1.12 bits per heavy atom. The van der Waals surface area contributed by atoms with E-state index in [0.29, 0.717) is 0 Å². The smallest absolute Gasteiger partial charge is 0.0175 e. The first kappa shape index (κ1) is 14.7. The molecule has 0 fully saturated rings. The number of nitrogens with one attached hydrogen (secondary N) is 1. The molecule has 0 amide bonds. The highest BCUT2D eigenvalue weighted by atomic mass is 79.9. The standard InChI is InChI=1S/C15H24BrN/c1-4-9-17-11-13(3)12(2)10-14-5-7-15(16)8-6-14/h5-8,12-13,17H,4,9-11H2,1-3H3. The van der Waals surface area contributed by atoms with Crippen LogP contribution < -0.4 is 5.32 Å². The minimum absolute atomic E-state index is 0.723. The average molecular weight is 298 g/mol. The number of benzene rings is 1. The largest absolute Gasteiger partial charge is 0.316 e. The maximum absolute atomic E-state index is 3.50. The highest BCUT2D eigenvalue weighted by molar-refractivity contribution is 9.10. The van der Waals surface area contributed by atoms with Crippen LogP contribution in [0.4, 0.5) is 0 Å². The summed E-state index contributed by atoms with van der Waals surface area (Å²) < 4.78 is 1.16. The van der Waals surface area contributed by atoms with E-state index >= 15 is 0 Å². The Morgan fingerprint density at radius 3 is 2.35 bits per heavy atom. The van der Waals surface area contributed by atoms with Gasteiger partial charge in [0, 0.05) is 4.47 Å². The van der Waals surface area contributed by atoms with Gasteiger partial charge in [0.15, 0.2) is 0 Å². The molecule has 0 aliphatic carbocycles. The van der Waals surface area contributed by atoms with E-state index in [1.807, 2.05) is 0 Å². The summed E-state index contributed by atoms with van der Waals surface area (Å²) >= 11 is 3.47. The topological polar surface area (TPSA) is 12.0 Å². The van der Waals surface area contributed by atoms with Crippen molar-refractivity contribution in [1.82, 2.24) is 5.32 Å². The minimum atomic E-state index is 0.723. The van der Waals surface area contributed by atoms with Crippen molar-refractivity contribution in [3.63, 3.8) is 0 Å². The Hall–Kier alpha value is -0.340. The second-order valence-corrected chi connectivity index (χ2v) is 5.90. The molecule has 0 heterocycles. The van der Waals surface area contributed by atoms with Crippen LogP contribution in [0.2, 0.25) is 0 Å². The molecule has 0 saturated heterocycles. The van der Waals surface area contributed by atoms with Gasteiger partial charge in [0.25, 0.3) is 0 Å². The SMILES string of the molecule is CCCNCC(C)C(C)Cc1ccc(Br)cc1. The fourth-order valence-electron chi connectivity index (χ4n) is 1.90. The molecule has 17 heavy (non-hydrogen) atoms. The van der Waals surface area contributed by atoms with Crippen LogP contribution in [-0.2, 0) is 6.42 Å². The Labute approximate surface area is 114 Å². The minimum Gasteiger partial charge on any atom is -0.316 e. The zero-order valence-corrected chi connectivity index (χ0v) is 12.8. The lowest BCUT2D eigenvalue weighted by Gasteiger charge is -2.20. The summed E-state index contributed by atoms with van der Waals surface area (Å²) in [5.74, 6) is 1.45. The molecule has 0 aliphatic heterocycles. The molecule has 1 nitrogen and oxygen atoms in total. The summed E-state index contributed by atoms with van der Waals surface area (Å²) in [6.07, 6.45) is 2.38. The molecule has 0 saturated carbocycles. The number of hydrogen-bond acceptors (Lipinski definition) is 1. The molecule has 96 valence electrons. The second-order valence-electron chi connectivity index (χ2n) is 4.99. The van der Waals surface area contributed by atoms with Crippen molar-refractivity contribution in [2.24, 2.45) is 11.8 Å². The van der Waals surface area contributed by atoms with Crippen LogP contribution in [0, 0.1) is 11.8 Å². The summed E-state index contributed by atoms with van der Waals surface area (Å²) in [6.45, 7) is 9.16. The summed E-state index contributed by atoms with van der Waals surface area (Å²) in [6, 6.07) is 8.68. The van der Waals surface area contributed by atoms with Gasteiger partial charge in [0.2, 0.25) is 0 Å². The molecule has 0 spiro atoms. The van der Waals surface area contributed by atoms with E-state index in [0.717, 1.165) is 29.4 Å². The van der Waals surface area contributed by atoms with Gasteiger partial charge in [0.05, 0.1) is 0 Å². The molecular formula is C15H24BrN. The van der Waals surface area contributed by atoms with Gasteiger partial charge in [-0.15, -0.1) is 0 Å². The van der Waals surface area contributed by atoms with Gasteiger partial charge < -0.3 is 5.32 Å². The third kappa shape index (κ3) is 5.69. The summed E-state index contributed by atoms with van der Waals surface area (Å²) in [7, 11) is 0. The fraction of sp³-hybridized carbons (Fsp3) is 0.600. The average Bonchev–Trinajstić information content (AvgIpc) is 2.32. The second kappa shape index (κ2) is 7.88. The molecular weight excluding hydrogens is 274 g/mol. The van der Waals surface area contributed by atoms with E-state index in [2.05, 4.69) is 66.3 Å². The van der Waals surface area contributed by atoms with Crippen LogP contribution in [0.1, 0.15) is 32.8 Å². The van der Waals surface area contributed by atoms with Crippen molar-refractivity contribution in [3.05, 3.63) is 34.3 Å². The molecule has 1 rings (SSSR count). The van der Waals surface area contributed by atoms with E-state index in [-0.39, 0.29) is 0 Å². The lowest BCUT2D eigenvalue weighted by atomic mass is 9.89. The van der Waals surface area contributed by atoms with E-state index in [1.54, 1.807) is 0 Å². The van der Waals surface area contributed by atoms with Crippen molar-refractivity contribution < 1.29 is 0 Å². The van der Waals surface area contributed by atoms with Crippen molar-refractivity contribution in [2.45, 2.75) is 33.6 Å². The monoisotopic (exact) mass is 297 g/mol. The van der Waals surface area contributed by atoms with Gasteiger partial charge in [-0.05, 0) is 55.5 Å². The molecule has 2 unspecified atom stereocenters. The van der Waals surface area contributed by atoms with E-state index in [1.165, 1.54) is 18.4 Å². The van der Waals surface area contributed by atoms with Crippen LogP contribution in [0.3, 0.4) is 0 Å². The predicted molar refractivity (Wildman–Crippen MR) is 79.3 cm³/mol. The van der Waals surface area contributed by atoms with Crippen LogP contribution in [-0.4, -0.2) is 13.1 Å². The summed E-state index contributed by atoms with van der Waals surface area (Å²) in [4.78, 5) is 0. The van der Waals surface area contributed by atoms with Crippen LogP contribution >= 0.6 is 15.9 Å². The highest BCUT2D eigenvalue weighted by Gasteiger charge is 2.12. The van der Waals surface area contributed by atoms with E-state index < -0.39 is 0 Å². The van der Waals surface area contributed by atoms with Crippen LogP contribution in [0.5, 0.6) is 0 Å². The highest BCUT2D eigenvalue weighted by Crippen LogP contribution is 2.18. The van der Waals surface area contributed by atoms with Crippen molar-refractivity contribution in [1.29, 1.82) is 0 Å². The van der Waals surface area contributed by atoms with Crippen LogP contribution in [0.15, 0.2) is 28.7 Å². The molecule has 1 aromatic rings. The first-order valence-corrected chi connectivity index (χ1v) is 7.38. The Kier molecular flexibility index (Phi) is 6.83. The Morgan fingerprint density at radius 2 is 1.76 bits per heavy atom. The third-order valence-electron chi connectivity index (χ3n) is 3.34. The van der Waals surface area contributed by atoms with Gasteiger partial charge in [0.1, 0.15) is 0 Å². The first-order valence-electron chi connectivity index (χ1n) is 6.58. The Balaban J connectivity index is 2.37. The zero-order chi connectivity index (χ0) is 12.7. The molecule has 0 radical (unpaired) electrons. The van der Waals surface area contributed by atoms with Gasteiger partial charge in [-0.1, -0.05) is 48.8 Å². The van der Waals surface area contributed by atoms with Gasteiger partial charge >= 0.3 is 0 Å². The molecule has 0 aliphatic rings. The predicted octanol–water partition coefficient (Wildman–Crippen LogP) is 4.26. The van der Waals surface area contributed by atoms with Gasteiger partial charge in [-0.2, -0.15) is 0 Å². The first-order chi connectivity index (χ1) is 8.13. The maximum Gasteiger partial charge on any atom is 0.0175 e. The van der Waals surface area contributed by atoms with E-state index in [4.69, 9.17) is 0 Å². The normalized spacial score (nSPS) is 14.6.